The largest absolute Gasteiger partial charge is 0.494 e. The van der Waals surface area contributed by atoms with Crippen LogP contribution >= 0.6 is 0 Å². The zero-order valence-electron chi connectivity index (χ0n) is 11.9. The standard InChI is InChI=1S/C16H15F2NO3/c1-21-15-7-2-11(8-14(15)18)9-19-16(20)10-22-13-5-3-12(17)4-6-13/h2-8H,9-10H2,1H3,(H,19,20). The molecule has 1 N–H and O–H groups in total. The number of carbonyl (C=O) groups is 1. The first-order chi connectivity index (χ1) is 10.6. The van der Waals surface area contributed by atoms with Crippen LogP contribution in [0.5, 0.6) is 11.5 Å². The highest BCUT2D eigenvalue weighted by Crippen LogP contribution is 2.17. The van der Waals surface area contributed by atoms with Crippen LogP contribution in [0, 0.1) is 11.6 Å². The summed E-state index contributed by atoms with van der Waals surface area (Å²) in [7, 11) is 1.38. The minimum absolute atomic E-state index is 0.148. The molecule has 22 heavy (non-hydrogen) atoms. The number of nitrogens with one attached hydrogen (secondary N) is 1. The van der Waals surface area contributed by atoms with E-state index in [1.807, 2.05) is 0 Å². The second-order valence-corrected chi connectivity index (χ2v) is 4.49. The molecule has 2 aromatic rings. The fourth-order valence-electron chi connectivity index (χ4n) is 1.75. The Balaban J connectivity index is 1.80. The summed E-state index contributed by atoms with van der Waals surface area (Å²) in [6.45, 7) is -0.0310. The molecule has 4 nitrogen and oxygen atoms in total. The van der Waals surface area contributed by atoms with Crippen LogP contribution in [-0.4, -0.2) is 19.6 Å². The maximum Gasteiger partial charge on any atom is 0.258 e. The number of halogens is 2. The highest BCUT2D eigenvalue weighted by atomic mass is 19.1. The Morgan fingerprint density at radius 2 is 1.86 bits per heavy atom. The molecule has 2 aromatic carbocycles. The number of methoxy groups -OCH3 is 1. The van der Waals surface area contributed by atoms with E-state index in [9.17, 15) is 13.6 Å². The first-order valence-corrected chi connectivity index (χ1v) is 6.56. The van der Waals surface area contributed by atoms with Gasteiger partial charge in [0.25, 0.3) is 5.91 Å². The van der Waals surface area contributed by atoms with Gasteiger partial charge < -0.3 is 14.8 Å². The topological polar surface area (TPSA) is 47.6 Å². The number of amides is 1. The Bertz CT molecular complexity index is 644. The molecule has 1 amide bonds. The van der Waals surface area contributed by atoms with Gasteiger partial charge in [0, 0.05) is 6.54 Å². The van der Waals surface area contributed by atoms with E-state index in [4.69, 9.17) is 9.47 Å². The minimum atomic E-state index is -0.489. The minimum Gasteiger partial charge on any atom is -0.494 e. The van der Waals surface area contributed by atoms with E-state index in [2.05, 4.69) is 5.32 Å². The molecule has 0 heterocycles. The Morgan fingerprint density at radius 3 is 2.50 bits per heavy atom. The summed E-state index contributed by atoms with van der Waals surface area (Å²) in [5.41, 5.74) is 0.605. The van der Waals surface area contributed by atoms with Crippen molar-refractivity contribution in [2.75, 3.05) is 13.7 Å². The molecule has 0 aliphatic carbocycles. The molecule has 0 fully saturated rings. The fraction of sp³-hybridized carbons (Fsp3) is 0.188. The van der Waals surface area contributed by atoms with E-state index < -0.39 is 5.82 Å². The Morgan fingerprint density at radius 1 is 1.14 bits per heavy atom. The Labute approximate surface area is 126 Å². The van der Waals surface area contributed by atoms with Crippen molar-refractivity contribution in [2.45, 2.75) is 6.54 Å². The summed E-state index contributed by atoms with van der Waals surface area (Å²) in [6, 6.07) is 9.79. The maximum absolute atomic E-state index is 13.5. The SMILES string of the molecule is COc1ccc(CNC(=O)COc2ccc(F)cc2)cc1F. The van der Waals surface area contributed by atoms with Crippen LogP contribution in [-0.2, 0) is 11.3 Å². The smallest absolute Gasteiger partial charge is 0.258 e. The van der Waals surface area contributed by atoms with Crippen LogP contribution in [0.15, 0.2) is 42.5 Å². The molecule has 0 bridgehead atoms. The van der Waals surface area contributed by atoms with Crippen molar-refractivity contribution < 1.29 is 23.0 Å². The van der Waals surface area contributed by atoms with Gasteiger partial charge in [0.1, 0.15) is 11.6 Å². The van der Waals surface area contributed by atoms with Crippen LogP contribution in [0.4, 0.5) is 8.78 Å². The Kier molecular flexibility index (Phi) is 5.30. The number of hydrogen-bond donors (Lipinski definition) is 1. The molecular weight excluding hydrogens is 292 g/mol. The van der Waals surface area contributed by atoms with E-state index >= 15 is 0 Å². The number of carbonyl (C=O) groups excluding carboxylic acids is 1. The van der Waals surface area contributed by atoms with E-state index in [0.717, 1.165) is 0 Å². The molecule has 0 aliphatic rings. The fourth-order valence-corrected chi connectivity index (χ4v) is 1.75. The third-order valence-corrected chi connectivity index (χ3v) is 2.89. The van der Waals surface area contributed by atoms with Gasteiger partial charge in [-0.25, -0.2) is 8.78 Å². The predicted octanol–water partition coefficient (Wildman–Crippen LogP) is 2.67. The number of ether oxygens (including phenoxy) is 2. The van der Waals surface area contributed by atoms with Crippen LogP contribution in [0.1, 0.15) is 5.56 Å². The van der Waals surface area contributed by atoms with Gasteiger partial charge in [-0.05, 0) is 42.0 Å². The van der Waals surface area contributed by atoms with Gasteiger partial charge in [0.2, 0.25) is 0 Å². The van der Waals surface area contributed by atoms with Crippen LogP contribution in [0.25, 0.3) is 0 Å². The van der Waals surface area contributed by atoms with Gasteiger partial charge in [-0.1, -0.05) is 6.07 Å². The predicted molar refractivity (Wildman–Crippen MR) is 76.7 cm³/mol. The van der Waals surface area contributed by atoms with E-state index in [1.165, 1.54) is 43.5 Å². The summed E-state index contributed by atoms with van der Waals surface area (Å²) in [4.78, 5) is 11.6. The average molecular weight is 307 g/mol. The van der Waals surface area contributed by atoms with E-state index in [1.54, 1.807) is 6.07 Å². The van der Waals surface area contributed by atoms with Crippen molar-refractivity contribution in [3.8, 4) is 11.5 Å². The molecule has 2 rings (SSSR count). The lowest BCUT2D eigenvalue weighted by Gasteiger charge is -2.08. The molecule has 6 heteroatoms. The van der Waals surface area contributed by atoms with Crippen molar-refractivity contribution in [3.63, 3.8) is 0 Å². The van der Waals surface area contributed by atoms with Gasteiger partial charge in [-0.3, -0.25) is 4.79 Å². The summed E-state index contributed by atoms with van der Waals surface area (Å²) in [5.74, 6) is -0.683. The number of hydrogen-bond acceptors (Lipinski definition) is 3. The molecule has 0 atom stereocenters. The van der Waals surface area contributed by atoms with Gasteiger partial charge in [-0.15, -0.1) is 0 Å². The molecule has 0 saturated carbocycles. The van der Waals surface area contributed by atoms with Crippen LogP contribution < -0.4 is 14.8 Å². The molecule has 116 valence electrons. The summed E-state index contributed by atoms with van der Waals surface area (Å²) >= 11 is 0. The normalized spacial score (nSPS) is 10.1. The maximum atomic E-state index is 13.5. The molecular formula is C16H15F2NO3. The monoisotopic (exact) mass is 307 g/mol. The van der Waals surface area contributed by atoms with E-state index in [-0.39, 0.29) is 30.6 Å². The van der Waals surface area contributed by atoms with Gasteiger partial charge in [-0.2, -0.15) is 0 Å². The summed E-state index contributed by atoms with van der Waals surface area (Å²) in [5, 5.41) is 2.60. The number of rotatable bonds is 6. The van der Waals surface area contributed by atoms with Gasteiger partial charge >= 0.3 is 0 Å². The van der Waals surface area contributed by atoms with Crippen molar-refractivity contribution in [2.24, 2.45) is 0 Å². The third-order valence-electron chi connectivity index (χ3n) is 2.89. The highest BCUT2D eigenvalue weighted by Gasteiger charge is 2.06. The lowest BCUT2D eigenvalue weighted by molar-refractivity contribution is -0.123. The van der Waals surface area contributed by atoms with Crippen molar-refractivity contribution in [1.82, 2.24) is 5.32 Å². The second kappa shape index (κ2) is 7.40. The molecule has 0 spiro atoms. The lowest BCUT2D eigenvalue weighted by atomic mass is 10.2. The van der Waals surface area contributed by atoms with Crippen molar-refractivity contribution >= 4 is 5.91 Å². The van der Waals surface area contributed by atoms with Crippen LogP contribution in [0.3, 0.4) is 0 Å². The first-order valence-electron chi connectivity index (χ1n) is 6.56. The summed E-state index contributed by atoms with van der Waals surface area (Å²) < 4.78 is 36.2. The first kappa shape index (κ1) is 15.8. The molecule has 0 aliphatic heterocycles. The summed E-state index contributed by atoms with van der Waals surface area (Å²) in [6.07, 6.45) is 0. The molecule has 0 saturated heterocycles. The third kappa shape index (κ3) is 4.44. The van der Waals surface area contributed by atoms with Crippen molar-refractivity contribution in [1.29, 1.82) is 0 Å². The highest BCUT2D eigenvalue weighted by molar-refractivity contribution is 5.77. The van der Waals surface area contributed by atoms with Gasteiger partial charge in [0.15, 0.2) is 18.2 Å². The molecule has 0 unspecified atom stereocenters. The van der Waals surface area contributed by atoms with Crippen molar-refractivity contribution in [3.05, 3.63) is 59.7 Å². The van der Waals surface area contributed by atoms with E-state index in [0.29, 0.717) is 11.3 Å². The average Bonchev–Trinajstić information content (AvgIpc) is 2.52. The van der Waals surface area contributed by atoms with Gasteiger partial charge in [0.05, 0.1) is 7.11 Å². The molecule has 0 aromatic heterocycles. The molecule has 0 radical (unpaired) electrons. The number of benzene rings is 2. The van der Waals surface area contributed by atoms with Crippen LogP contribution in [0.2, 0.25) is 0 Å². The lowest BCUT2D eigenvalue weighted by Crippen LogP contribution is -2.28. The Hall–Kier alpha value is -2.63. The second-order valence-electron chi connectivity index (χ2n) is 4.49. The zero-order chi connectivity index (χ0) is 15.9. The zero-order valence-corrected chi connectivity index (χ0v) is 11.9. The quantitative estimate of drug-likeness (QED) is 0.892.